The molecule has 31 heavy (non-hydrogen) atoms. The van der Waals surface area contributed by atoms with Crippen molar-refractivity contribution in [3.63, 3.8) is 0 Å². The van der Waals surface area contributed by atoms with Crippen molar-refractivity contribution in [2.75, 3.05) is 13.1 Å². The number of amides is 2. The molecule has 166 valence electrons. The lowest BCUT2D eigenvalue weighted by Gasteiger charge is -2.33. The van der Waals surface area contributed by atoms with Gasteiger partial charge in [-0.3, -0.25) is 14.8 Å². The molecule has 1 saturated heterocycles. The molecule has 0 saturated carbocycles. The monoisotopic (exact) mass is 423 g/mol. The van der Waals surface area contributed by atoms with E-state index < -0.39 is 6.04 Å². The summed E-state index contributed by atoms with van der Waals surface area (Å²) in [4.78, 5) is 25.8. The van der Waals surface area contributed by atoms with E-state index >= 15 is 0 Å². The Morgan fingerprint density at radius 3 is 2.26 bits per heavy atom. The largest absolute Gasteiger partial charge is 0.341 e. The molecule has 1 heterocycles. The fraction of sp³-hybridized carbons (Fsp3) is 0.440. The number of nitrogens with zero attached hydrogens (tertiary/aromatic N) is 1. The standard InChI is InChI=1S/C25H33N3O3/c26-23(18-22-11-9-21(10-12-22)17-20-5-2-1-3-6-20)25(30)28-15-13-19(14-16-28)7-4-8-24(29)27-31/h1-3,5-6,9-12,19,23,31H,4,7-8,13-18,26H2,(H,27,29)/t23-/m0/s1. The van der Waals surface area contributed by atoms with E-state index in [4.69, 9.17) is 10.9 Å². The summed E-state index contributed by atoms with van der Waals surface area (Å²) in [6.45, 7) is 1.44. The zero-order valence-corrected chi connectivity index (χ0v) is 18.0. The summed E-state index contributed by atoms with van der Waals surface area (Å²) < 4.78 is 0. The Balaban J connectivity index is 1.42. The van der Waals surface area contributed by atoms with Gasteiger partial charge < -0.3 is 10.6 Å². The first-order valence-corrected chi connectivity index (χ1v) is 11.1. The van der Waals surface area contributed by atoms with Crippen LogP contribution in [0.15, 0.2) is 54.6 Å². The van der Waals surface area contributed by atoms with Crippen LogP contribution in [-0.4, -0.2) is 41.1 Å². The third-order valence-corrected chi connectivity index (χ3v) is 6.11. The number of nitrogens with one attached hydrogen (secondary N) is 1. The zero-order chi connectivity index (χ0) is 22.1. The van der Waals surface area contributed by atoms with E-state index in [9.17, 15) is 9.59 Å². The topological polar surface area (TPSA) is 95.7 Å². The Hall–Kier alpha value is -2.70. The van der Waals surface area contributed by atoms with E-state index in [0.717, 1.165) is 50.8 Å². The van der Waals surface area contributed by atoms with Crippen LogP contribution in [0.3, 0.4) is 0 Å². The molecule has 1 atom stereocenters. The highest BCUT2D eigenvalue weighted by molar-refractivity contribution is 5.82. The molecule has 1 aliphatic rings. The maximum atomic E-state index is 12.8. The van der Waals surface area contributed by atoms with Gasteiger partial charge in [-0.1, -0.05) is 54.6 Å². The molecule has 3 rings (SSSR count). The predicted molar refractivity (Wildman–Crippen MR) is 120 cm³/mol. The van der Waals surface area contributed by atoms with Gasteiger partial charge in [-0.15, -0.1) is 0 Å². The molecule has 0 aromatic heterocycles. The highest BCUT2D eigenvalue weighted by atomic mass is 16.5. The third kappa shape index (κ3) is 7.19. The normalized spacial score (nSPS) is 15.5. The maximum absolute atomic E-state index is 12.8. The molecule has 6 heteroatoms. The number of carbonyl (C=O) groups excluding carboxylic acids is 2. The second kappa shape index (κ2) is 11.6. The second-order valence-electron chi connectivity index (χ2n) is 8.49. The van der Waals surface area contributed by atoms with Gasteiger partial charge in [0.1, 0.15) is 0 Å². The predicted octanol–water partition coefficient (Wildman–Crippen LogP) is 3.06. The van der Waals surface area contributed by atoms with Gasteiger partial charge in [0.05, 0.1) is 6.04 Å². The maximum Gasteiger partial charge on any atom is 0.243 e. The van der Waals surface area contributed by atoms with Crippen LogP contribution in [0.25, 0.3) is 0 Å². The number of hydrogen-bond donors (Lipinski definition) is 3. The molecule has 4 N–H and O–H groups in total. The fourth-order valence-electron chi connectivity index (χ4n) is 4.25. The van der Waals surface area contributed by atoms with Gasteiger partial charge in [-0.05, 0) is 61.1 Å². The zero-order valence-electron chi connectivity index (χ0n) is 18.0. The highest BCUT2D eigenvalue weighted by Crippen LogP contribution is 2.23. The van der Waals surface area contributed by atoms with E-state index in [-0.39, 0.29) is 11.8 Å². The molecule has 2 aromatic carbocycles. The molecule has 0 aliphatic carbocycles. The van der Waals surface area contributed by atoms with Crippen molar-refractivity contribution in [2.24, 2.45) is 11.7 Å². The van der Waals surface area contributed by atoms with E-state index in [1.165, 1.54) is 11.1 Å². The average molecular weight is 424 g/mol. The van der Waals surface area contributed by atoms with Gasteiger partial charge in [-0.25, -0.2) is 5.48 Å². The number of carbonyl (C=O) groups is 2. The van der Waals surface area contributed by atoms with Crippen molar-refractivity contribution in [1.29, 1.82) is 0 Å². The van der Waals surface area contributed by atoms with Crippen LogP contribution in [0, 0.1) is 5.92 Å². The van der Waals surface area contributed by atoms with Gasteiger partial charge in [0.25, 0.3) is 0 Å². The number of rotatable bonds is 9. The molecule has 2 amide bonds. The SMILES string of the molecule is N[C@@H](Cc1ccc(Cc2ccccc2)cc1)C(=O)N1CCC(CCCC(=O)NO)CC1. The minimum atomic E-state index is -0.523. The number of hydrogen-bond acceptors (Lipinski definition) is 4. The molecular formula is C25H33N3O3. The first kappa shape index (κ1) is 23.0. The lowest BCUT2D eigenvalue weighted by molar-refractivity contribution is -0.134. The Morgan fingerprint density at radius 2 is 1.61 bits per heavy atom. The number of benzene rings is 2. The van der Waals surface area contributed by atoms with E-state index in [1.54, 1.807) is 5.48 Å². The van der Waals surface area contributed by atoms with Crippen LogP contribution in [0.1, 0.15) is 48.8 Å². The lowest BCUT2D eigenvalue weighted by Crippen LogP contribution is -2.48. The van der Waals surface area contributed by atoms with E-state index in [0.29, 0.717) is 18.8 Å². The Morgan fingerprint density at radius 1 is 1.00 bits per heavy atom. The summed E-state index contributed by atoms with van der Waals surface area (Å²) in [6, 6.07) is 18.2. The molecule has 2 aromatic rings. The van der Waals surface area contributed by atoms with Crippen molar-refractivity contribution < 1.29 is 14.8 Å². The quantitative estimate of drug-likeness (QED) is 0.427. The molecule has 0 bridgehead atoms. The van der Waals surface area contributed by atoms with Gasteiger partial charge in [0.2, 0.25) is 11.8 Å². The minimum Gasteiger partial charge on any atom is -0.341 e. The van der Waals surface area contributed by atoms with Gasteiger partial charge >= 0.3 is 0 Å². The molecule has 0 spiro atoms. The summed E-state index contributed by atoms with van der Waals surface area (Å²) in [5, 5.41) is 8.54. The fourth-order valence-corrected chi connectivity index (χ4v) is 4.25. The van der Waals surface area contributed by atoms with E-state index in [2.05, 4.69) is 36.4 Å². The van der Waals surface area contributed by atoms with Gasteiger partial charge in [0, 0.05) is 19.5 Å². The average Bonchev–Trinajstić information content (AvgIpc) is 2.81. The van der Waals surface area contributed by atoms with Crippen LogP contribution >= 0.6 is 0 Å². The molecular weight excluding hydrogens is 390 g/mol. The Labute approximate surface area is 184 Å². The number of nitrogens with two attached hydrogens (primary N) is 1. The Kier molecular flexibility index (Phi) is 8.62. The minimum absolute atomic E-state index is 0.0199. The lowest BCUT2D eigenvalue weighted by atomic mass is 9.91. The molecule has 1 fully saturated rings. The van der Waals surface area contributed by atoms with Crippen molar-refractivity contribution in [2.45, 2.75) is 51.0 Å². The second-order valence-corrected chi connectivity index (χ2v) is 8.49. The van der Waals surface area contributed by atoms with Crippen molar-refractivity contribution >= 4 is 11.8 Å². The van der Waals surface area contributed by atoms with Crippen LogP contribution in [0.2, 0.25) is 0 Å². The van der Waals surface area contributed by atoms with Gasteiger partial charge in [-0.2, -0.15) is 0 Å². The van der Waals surface area contributed by atoms with Crippen molar-refractivity contribution in [3.05, 3.63) is 71.3 Å². The molecule has 0 unspecified atom stereocenters. The first-order chi connectivity index (χ1) is 15.0. The van der Waals surface area contributed by atoms with Crippen LogP contribution in [0.4, 0.5) is 0 Å². The summed E-state index contributed by atoms with van der Waals surface area (Å²) >= 11 is 0. The summed E-state index contributed by atoms with van der Waals surface area (Å²) in [7, 11) is 0. The number of piperidine rings is 1. The number of hydroxylamine groups is 1. The van der Waals surface area contributed by atoms with Crippen molar-refractivity contribution in [3.8, 4) is 0 Å². The third-order valence-electron chi connectivity index (χ3n) is 6.11. The smallest absolute Gasteiger partial charge is 0.243 e. The van der Waals surface area contributed by atoms with Crippen molar-refractivity contribution in [1.82, 2.24) is 10.4 Å². The summed E-state index contributed by atoms with van der Waals surface area (Å²) in [5.41, 5.74) is 11.5. The summed E-state index contributed by atoms with van der Waals surface area (Å²) in [6.07, 6.45) is 5.35. The summed E-state index contributed by atoms with van der Waals surface area (Å²) in [5.74, 6) is 0.196. The van der Waals surface area contributed by atoms with Crippen LogP contribution in [0.5, 0.6) is 0 Å². The van der Waals surface area contributed by atoms with Crippen LogP contribution in [-0.2, 0) is 22.4 Å². The van der Waals surface area contributed by atoms with E-state index in [1.807, 2.05) is 23.1 Å². The van der Waals surface area contributed by atoms with Gasteiger partial charge in [0.15, 0.2) is 0 Å². The molecule has 0 radical (unpaired) electrons. The van der Waals surface area contributed by atoms with Crippen LogP contribution < -0.4 is 11.2 Å². The highest BCUT2D eigenvalue weighted by Gasteiger charge is 2.26. The molecule has 1 aliphatic heterocycles. The first-order valence-electron chi connectivity index (χ1n) is 11.1. The molecule has 6 nitrogen and oxygen atoms in total. The Bertz CT molecular complexity index is 831. The number of likely N-dealkylation sites (tertiary alicyclic amines) is 1.